The van der Waals surface area contributed by atoms with E-state index >= 15 is 0 Å². The van der Waals surface area contributed by atoms with Crippen molar-refractivity contribution < 1.29 is 4.74 Å². The van der Waals surface area contributed by atoms with Gasteiger partial charge in [0, 0.05) is 30.7 Å². The zero-order valence-corrected chi connectivity index (χ0v) is 17.3. The lowest BCUT2D eigenvalue weighted by atomic mass is 9.98. The number of ether oxygens (including phenoxy) is 1. The Hall–Kier alpha value is -2.13. The number of hydrogen-bond donors (Lipinski definition) is 0. The number of rotatable bonds is 5. The van der Waals surface area contributed by atoms with Gasteiger partial charge in [0.15, 0.2) is 0 Å². The van der Waals surface area contributed by atoms with Gasteiger partial charge < -0.3 is 9.64 Å². The Morgan fingerprint density at radius 2 is 1.93 bits per heavy atom. The van der Waals surface area contributed by atoms with E-state index in [0.29, 0.717) is 18.4 Å². The van der Waals surface area contributed by atoms with Crippen molar-refractivity contribution in [1.29, 1.82) is 0 Å². The largest absolute Gasteiger partial charge is 0.476 e. The highest BCUT2D eigenvalue weighted by atomic mass is 32.1. The lowest BCUT2D eigenvalue weighted by Crippen LogP contribution is -2.35. The maximum Gasteiger partial charge on any atom is 0.233 e. The average Bonchev–Trinajstić information content (AvgIpc) is 3.26. The van der Waals surface area contributed by atoms with Crippen LogP contribution in [0.25, 0.3) is 10.6 Å². The molecule has 0 aromatic carbocycles. The fourth-order valence-electron chi connectivity index (χ4n) is 3.20. The highest BCUT2D eigenvalue weighted by Crippen LogP contribution is 2.29. The zero-order valence-electron chi connectivity index (χ0n) is 15.7. The van der Waals surface area contributed by atoms with Gasteiger partial charge in [-0.25, -0.2) is 9.97 Å². The van der Waals surface area contributed by atoms with Gasteiger partial charge in [-0.15, -0.1) is 21.5 Å². The van der Waals surface area contributed by atoms with E-state index in [2.05, 4.69) is 29.4 Å². The second-order valence-electron chi connectivity index (χ2n) is 6.77. The summed E-state index contributed by atoms with van der Waals surface area (Å²) in [5.41, 5.74) is 1.85. The number of aryl methyl sites for hydroxylation is 3. The van der Waals surface area contributed by atoms with Crippen LogP contribution in [0.2, 0.25) is 0 Å². The van der Waals surface area contributed by atoms with Gasteiger partial charge in [0.05, 0.1) is 22.2 Å². The molecule has 0 aliphatic carbocycles. The van der Waals surface area contributed by atoms with E-state index in [1.54, 1.807) is 11.3 Å². The highest BCUT2D eigenvalue weighted by Gasteiger charge is 2.22. The van der Waals surface area contributed by atoms with Crippen LogP contribution in [0.1, 0.15) is 29.4 Å². The SMILES string of the molecule is Cc1nsc(N2CCC(COc3ccc(-c4sc(C)nc4C)nn3)CC2)n1. The van der Waals surface area contributed by atoms with Gasteiger partial charge in [-0.1, -0.05) is 0 Å². The third-order valence-electron chi connectivity index (χ3n) is 4.65. The summed E-state index contributed by atoms with van der Waals surface area (Å²) in [5, 5.41) is 10.6. The molecular formula is C18H22N6OS2. The average molecular weight is 403 g/mol. The fourth-order valence-corrected chi connectivity index (χ4v) is 4.81. The third kappa shape index (κ3) is 4.24. The molecule has 3 aromatic rings. The fraction of sp³-hybridized carbons (Fsp3) is 0.500. The van der Waals surface area contributed by atoms with Crippen LogP contribution < -0.4 is 9.64 Å². The Kier molecular flexibility index (Phi) is 5.31. The second-order valence-corrected chi connectivity index (χ2v) is 8.70. The minimum Gasteiger partial charge on any atom is -0.476 e. The molecule has 7 nitrogen and oxygen atoms in total. The van der Waals surface area contributed by atoms with Crippen LogP contribution in [-0.4, -0.2) is 44.2 Å². The van der Waals surface area contributed by atoms with Crippen molar-refractivity contribution in [2.45, 2.75) is 33.6 Å². The molecule has 3 aromatic heterocycles. The minimum atomic E-state index is 0.531. The standard InChI is InChI=1S/C18H22N6OS2/c1-11-17(26-13(3)19-11)15-4-5-16(22-21-15)25-10-14-6-8-24(9-7-14)18-20-12(2)23-27-18/h4-5,14H,6-10H2,1-3H3. The van der Waals surface area contributed by atoms with Crippen LogP contribution in [0.4, 0.5) is 5.13 Å². The van der Waals surface area contributed by atoms with Crippen molar-refractivity contribution in [1.82, 2.24) is 24.5 Å². The van der Waals surface area contributed by atoms with Gasteiger partial charge in [-0.05, 0) is 45.6 Å². The van der Waals surface area contributed by atoms with E-state index in [-0.39, 0.29) is 0 Å². The molecule has 0 spiro atoms. The lowest BCUT2D eigenvalue weighted by Gasteiger charge is -2.31. The number of nitrogens with zero attached hydrogens (tertiary/aromatic N) is 6. The normalized spacial score (nSPS) is 15.3. The number of thiazole rings is 1. The number of aromatic nitrogens is 5. The van der Waals surface area contributed by atoms with Gasteiger partial charge in [0.2, 0.25) is 11.0 Å². The molecule has 0 unspecified atom stereocenters. The second kappa shape index (κ2) is 7.85. The Morgan fingerprint density at radius 1 is 1.11 bits per heavy atom. The molecule has 0 amide bonds. The smallest absolute Gasteiger partial charge is 0.233 e. The van der Waals surface area contributed by atoms with Crippen molar-refractivity contribution in [2.75, 3.05) is 24.6 Å². The lowest BCUT2D eigenvalue weighted by molar-refractivity contribution is 0.214. The van der Waals surface area contributed by atoms with Crippen molar-refractivity contribution in [3.05, 3.63) is 28.7 Å². The van der Waals surface area contributed by atoms with Gasteiger partial charge in [0.25, 0.3) is 0 Å². The zero-order chi connectivity index (χ0) is 18.8. The molecule has 0 radical (unpaired) electrons. The van der Waals surface area contributed by atoms with Crippen LogP contribution in [0.15, 0.2) is 12.1 Å². The number of piperidine rings is 1. The first kappa shape index (κ1) is 18.2. The van der Waals surface area contributed by atoms with Gasteiger partial charge in [0.1, 0.15) is 11.5 Å². The first-order chi connectivity index (χ1) is 13.1. The number of anilines is 1. The molecular weight excluding hydrogens is 380 g/mol. The van der Waals surface area contributed by atoms with Crippen molar-refractivity contribution in [3.8, 4) is 16.5 Å². The molecule has 9 heteroatoms. The summed E-state index contributed by atoms with van der Waals surface area (Å²) in [6, 6.07) is 3.86. The van der Waals surface area contributed by atoms with Gasteiger partial charge in [-0.3, -0.25) is 0 Å². The molecule has 0 atom stereocenters. The molecule has 27 heavy (non-hydrogen) atoms. The van der Waals surface area contributed by atoms with Gasteiger partial charge in [-0.2, -0.15) is 4.37 Å². The van der Waals surface area contributed by atoms with Crippen LogP contribution >= 0.6 is 22.9 Å². The molecule has 1 aliphatic heterocycles. The first-order valence-corrected chi connectivity index (χ1v) is 10.6. The monoisotopic (exact) mass is 402 g/mol. The maximum absolute atomic E-state index is 5.89. The molecule has 4 heterocycles. The van der Waals surface area contributed by atoms with Crippen molar-refractivity contribution >= 4 is 28.0 Å². The molecule has 1 saturated heterocycles. The molecule has 0 saturated carbocycles. The van der Waals surface area contributed by atoms with E-state index in [1.165, 1.54) is 11.5 Å². The Balaban J connectivity index is 1.29. The van der Waals surface area contributed by atoms with Crippen molar-refractivity contribution in [3.63, 3.8) is 0 Å². The van der Waals surface area contributed by atoms with Crippen LogP contribution in [-0.2, 0) is 0 Å². The van der Waals surface area contributed by atoms with Gasteiger partial charge >= 0.3 is 0 Å². The molecule has 0 bridgehead atoms. The van der Waals surface area contributed by atoms with Crippen LogP contribution in [0.5, 0.6) is 5.88 Å². The van der Waals surface area contributed by atoms with E-state index < -0.39 is 0 Å². The van der Waals surface area contributed by atoms with E-state index in [9.17, 15) is 0 Å². The summed E-state index contributed by atoms with van der Waals surface area (Å²) < 4.78 is 10.2. The number of hydrogen-bond acceptors (Lipinski definition) is 9. The predicted molar refractivity (Wildman–Crippen MR) is 108 cm³/mol. The Morgan fingerprint density at radius 3 is 2.52 bits per heavy atom. The summed E-state index contributed by atoms with van der Waals surface area (Å²) in [6.45, 7) is 8.61. The third-order valence-corrected chi connectivity index (χ3v) is 6.61. The Bertz CT molecular complexity index is 899. The van der Waals surface area contributed by atoms with Crippen molar-refractivity contribution in [2.24, 2.45) is 5.92 Å². The summed E-state index contributed by atoms with van der Waals surface area (Å²) >= 11 is 3.12. The van der Waals surface area contributed by atoms with Crippen LogP contribution in [0, 0.1) is 26.7 Å². The summed E-state index contributed by atoms with van der Waals surface area (Å²) in [6.07, 6.45) is 2.17. The molecule has 142 valence electrons. The maximum atomic E-state index is 5.89. The quantitative estimate of drug-likeness (QED) is 0.644. The predicted octanol–water partition coefficient (Wildman–Crippen LogP) is 3.67. The summed E-state index contributed by atoms with van der Waals surface area (Å²) in [5.74, 6) is 1.97. The summed E-state index contributed by atoms with van der Waals surface area (Å²) in [7, 11) is 0. The summed E-state index contributed by atoms with van der Waals surface area (Å²) in [4.78, 5) is 12.3. The van der Waals surface area contributed by atoms with E-state index in [4.69, 9.17) is 4.74 Å². The molecule has 4 rings (SSSR count). The topological polar surface area (TPSA) is 76.9 Å². The molecule has 1 fully saturated rings. The molecule has 1 aliphatic rings. The van der Waals surface area contributed by atoms with E-state index in [0.717, 1.165) is 58.2 Å². The van der Waals surface area contributed by atoms with E-state index in [1.807, 2.05) is 32.9 Å². The Labute approximate surface area is 166 Å². The minimum absolute atomic E-state index is 0.531. The first-order valence-electron chi connectivity index (χ1n) is 9.04. The highest BCUT2D eigenvalue weighted by molar-refractivity contribution is 7.15. The molecule has 0 N–H and O–H groups in total. The van der Waals surface area contributed by atoms with Crippen LogP contribution in [0.3, 0.4) is 0 Å².